The molecule has 1 aromatic rings. The van der Waals surface area contributed by atoms with Crippen molar-refractivity contribution < 1.29 is 4.74 Å². The maximum absolute atomic E-state index is 5.19. The van der Waals surface area contributed by atoms with Gasteiger partial charge in [0.25, 0.3) is 0 Å². The first-order chi connectivity index (χ1) is 9.61. The monoisotopic (exact) mass is 291 g/mol. The van der Waals surface area contributed by atoms with Gasteiger partial charge >= 0.3 is 0 Å². The number of hydrogen-bond donors (Lipinski definition) is 1. The van der Waals surface area contributed by atoms with Crippen molar-refractivity contribution in [3.63, 3.8) is 0 Å². The molecule has 0 aliphatic carbocycles. The SMILES string of the molecule is COc1ccc(CCC(C)NC(C)(C)CC(C)(C)C)cc1. The summed E-state index contributed by atoms with van der Waals surface area (Å²) in [7, 11) is 1.71. The number of ether oxygens (including phenoxy) is 1. The molecular weight excluding hydrogens is 258 g/mol. The van der Waals surface area contributed by atoms with E-state index in [9.17, 15) is 0 Å². The molecular formula is C19H33NO. The molecule has 0 heterocycles. The Morgan fingerprint density at radius 2 is 1.62 bits per heavy atom. The van der Waals surface area contributed by atoms with Crippen molar-refractivity contribution in [3.05, 3.63) is 29.8 Å². The number of benzene rings is 1. The van der Waals surface area contributed by atoms with Crippen LogP contribution in [0.1, 0.15) is 59.9 Å². The molecule has 0 amide bonds. The molecule has 2 nitrogen and oxygen atoms in total. The van der Waals surface area contributed by atoms with Crippen LogP contribution >= 0.6 is 0 Å². The van der Waals surface area contributed by atoms with Crippen LogP contribution in [0.5, 0.6) is 5.75 Å². The third kappa shape index (κ3) is 7.52. The first-order valence-electron chi connectivity index (χ1n) is 8.02. The normalized spacial score (nSPS) is 14.0. The van der Waals surface area contributed by atoms with Crippen LogP contribution in [0.15, 0.2) is 24.3 Å². The average molecular weight is 291 g/mol. The van der Waals surface area contributed by atoms with Gasteiger partial charge in [0.1, 0.15) is 5.75 Å². The van der Waals surface area contributed by atoms with Gasteiger partial charge in [-0.3, -0.25) is 0 Å². The molecule has 120 valence electrons. The van der Waals surface area contributed by atoms with Gasteiger partial charge in [-0.1, -0.05) is 32.9 Å². The van der Waals surface area contributed by atoms with E-state index in [2.05, 4.69) is 59.0 Å². The average Bonchev–Trinajstić information content (AvgIpc) is 2.33. The fourth-order valence-electron chi connectivity index (χ4n) is 3.29. The Hall–Kier alpha value is -1.02. The van der Waals surface area contributed by atoms with Crippen molar-refractivity contribution in [2.24, 2.45) is 5.41 Å². The second-order valence-corrected chi connectivity index (χ2v) is 8.05. The largest absolute Gasteiger partial charge is 0.497 e. The van der Waals surface area contributed by atoms with Crippen LogP contribution in [0.4, 0.5) is 0 Å². The van der Waals surface area contributed by atoms with E-state index in [1.54, 1.807) is 7.11 Å². The van der Waals surface area contributed by atoms with Gasteiger partial charge in [-0.15, -0.1) is 0 Å². The third-order valence-electron chi connectivity index (χ3n) is 3.63. The van der Waals surface area contributed by atoms with E-state index < -0.39 is 0 Å². The quantitative estimate of drug-likeness (QED) is 0.777. The Morgan fingerprint density at radius 1 is 1.05 bits per heavy atom. The molecule has 0 aliphatic heterocycles. The van der Waals surface area contributed by atoms with Crippen LogP contribution in [0.3, 0.4) is 0 Å². The summed E-state index contributed by atoms with van der Waals surface area (Å²) in [6.45, 7) is 13.8. The van der Waals surface area contributed by atoms with E-state index in [1.807, 2.05) is 12.1 Å². The predicted octanol–water partition coefficient (Wildman–Crippen LogP) is 4.82. The highest BCUT2D eigenvalue weighted by Crippen LogP contribution is 2.27. The number of methoxy groups -OCH3 is 1. The minimum atomic E-state index is 0.178. The van der Waals surface area contributed by atoms with Crippen molar-refractivity contribution in [1.82, 2.24) is 5.32 Å². The molecule has 0 aromatic heterocycles. The van der Waals surface area contributed by atoms with Crippen LogP contribution in [-0.2, 0) is 6.42 Å². The van der Waals surface area contributed by atoms with Crippen molar-refractivity contribution in [2.45, 2.75) is 72.4 Å². The molecule has 1 atom stereocenters. The molecule has 2 heteroatoms. The van der Waals surface area contributed by atoms with E-state index in [-0.39, 0.29) is 5.54 Å². The topological polar surface area (TPSA) is 21.3 Å². The summed E-state index contributed by atoms with van der Waals surface area (Å²) in [5.41, 5.74) is 1.90. The minimum absolute atomic E-state index is 0.178. The lowest BCUT2D eigenvalue weighted by molar-refractivity contribution is 0.223. The van der Waals surface area contributed by atoms with Gasteiger partial charge in [0.15, 0.2) is 0 Å². The zero-order chi connectivity index (χ0) is 16.1. The van der Waals surface area contributed by atoms with Gasteiger partial charge in [0.2, 0.25) is 0 Å². The number of aryl methyl sites for hydroxylation is 1. The Kier molecular flexibility index (Phi) is 6.27. The summed E-state index contributed by atoms with van der Waals surface area (Å²) < 4.78 is 5.19. The highest BCUT2D eigenvalue weighted by Gasteiger charge is 2.26. The summed E-state index contributed by atoms with van der Waals surface area (Å²) in [5, 5.41) is 3.78. The summed E-state index contributed by atoms with van der Waals surface area (Å²) >= 11 is 0. The van der Waals surface area contributed by atoms with Crippen LogP contribution < -0.4 is 10.1 Å². The molecule has 0 aliphatic rings. The second-order valence-electron chi connectivity index (χ2n) is 8.05. The lowest BCUT2D eigenvalue weighted by Crippen LogP contribution is -2.47. The standard InChI is InChI=1S/C19H33NO/c1-15(20-19(5,6)14-18(2,3)4)8-9-16-10-12-17(21-7)13-11-16/h10-13,15,20H,8-9,14H2,1-7H3. The van der Waals surface area contributed by atoms with Crippen molar-refractivity contribution in [1.29, 1.82) is 0 Å². The van der Waals surface area contributed by atoms with Gasteiger partial charge in [0.05, 0.1) is 7.11 Å². The zero-order valence-electron chi connectivity index (χ0n) is 14.9. The second kappa shape index (κ2) is 7.31. The number of nitrogens with one attached hydrogen (secondary N) is 1. The van der Waals surface area contributed by atoms with Gasteiger partial charge in [-0.25, -0.2) is 0 Å². The Balaban J connectivity index is 2.44. The summed E-state index contributed by atoms with van der Waals surface area (Å²) in [6.07, 6.45) is 3.43. The molecule has 0 fully saturated rings. The van der Waals surface area contributed by atoms with Crippen LogP contribution in [0.2, 0.25) is 0 Å². The Bertz CT molecular complexity index is 414. The predicted molar refractivity (Wildman–Crippen MR) is 92.1 cm³/mol. The van der Waals surface area contributed by atoms with E-state index in [0.29, 0.717) is 11.5 Å². The molecule has 1 rings (SSSR count). The fraction of sp³-hybridized carbons (Fsp3) is 0.684. The third-order valence-corrected chi connectivity index (χ3v) is 3.63. The summed E-state index contributed by atoms with van der Waals surface area (Å²) in [5.74, 6) is 0.927. The Morgan fingerprint density at radius 3 is 2.10 bits per heavy atom. The smallest absolute Gasteiger partial charge is 0.118 e. The van der Waals surface area contributed by atoms with Crippen molar-refractivity contribution in [2.75, 3.05) is 7.11 Å². The van der Waals surface area contributed by atoms with Crippen molar-refractivity contribution in [3.8, 4) is 5.75 Å². The highest BCUT2D eigenvalue weighted by molar-refractivity contribution is 5.27. The van der Waals surface area contributed by atoms with E-state index in [0.717, 1.165) is 18.6 Å². The molecule has 0 saturated heterocycles. The van der Waals surface area contributed by atoms with E-state index in [1.165, 1.54) is 12.0 Å². The molecule has 1 N–H and O–H groups in total. The van der Waals surface area contributed by atoms with E-state index in [4.69, 9.17) is 4.74 Å². The zero-order valence-corrected chi connectivity index (χ0v) is 14.9. The van der Waals surface area contributed by atoms with E-state index >= 15 is 0 Å². The number of hydrogen-bond acceptors (Lipinski definition) is 2. The molecule has 1 unspecified atom stereocenters. The van der Waals surface area contributed by atoms with Gasteiger partial charge in [-0.2, -0.15) is 0 Å². The minimum Gasteiger partial charge on any atom is -0.497 e. The molecule has 21 heavy (non-hydrogen) atoms. The lowest BCUT2D eigenvalue weighted by Gasteiger charge is -2.36. The van der Waals surface area contributed by atoms with Gasteiger partial charge in [-0.05, 0) is 63.1 Å². The van der Waals surface area contributed by atoms with Crippen molar-refractivity contribution >= 4 is 0 Å². The maximum Gasteiger partial charge on any atom is 0.118 e. The first kappa shape index (κ1) is 18.0. The fourth-order valence-corrected chi connectivity index (χ4v) is 3.29. The molecule has 0 radical (unpaired) electrons. The highest BCUT2D eigenvalue weighted by atomic mass is 16.5. The first-order valence-corrected chi connectivity index (χ1v) is 8.02. The van der Waals surface area contributed by atoms with Crippen LogP contribution in [0, 0.1) is 5.41 Å². The van der Waals surface area contributed by atoms with Crippen LogP contribution in [-0.4, -0.2) is 18.7 Å². The molecule has 0 spiro atoms. The summed E-state index contributed by atoms with van der Waals surface area (Å²) in [6, 6.07) is 8.91. The summed E-state index contributed by atoms with van der Waals surface area (Å²) in [4.78, 5) is 0. The van der Waals surface area contributed by atoms with Gasteiger partial charge < -0.3 is 10.1 Å². The molecule has 1 aromatic carbocycles. The van der Waals surface area contributed by atoms with Gasteiger partial charge in [0, 0.05) is 11.6 Å². The molecule has 0 bridgehead atoms. The van der Waals surface area contributed by atoms with Crippen LogP contribution in [0.25, 0.3) is 0 Å². The number of rotatable bonds is 7. The lowest BCUT2D eigenvalue weighted by atomic mass is 9.81. The molecule has 0 saturated carbocycles. The Labute approximate surface area is 131 Å². The maximum atomic E-state index is 5.19.